The van der Waals surface area contributed by atoms with Crippen LogP contribution in [0.2, 0.25) is 0 Å². The zero-order valence-electron chi connectivity index (χ0n) is 15.2. The van der Waals surface area contributed by atoms with E-state index in [0.717, 1.165) is 11.1 Å². The van der Waals surface area contributed by atoms with Crippen LogP contribution in [0.15, 0.2) is 12.4 Å². The molecule has 7 nitrogen and oxygen atoms in total. The van der Waals surface area contributed by atoms with Crippen molar-refractivity contribution in [2.45, 2.75) is 25.7 Å². The smallest absolute Gasteiger partial charge is 0.355 e. The summed E-state index contributed by atoms with van der Waals surface area (Å²) in [6, 6.07) is 0. The number of carbonyl (C=O) groups is 3. The van der Waals surface area contributed by atoms with Crippen molar-refractivity contribution < 1.29 is 23.9 Å². The molecule has 2 bridgehead atoms. The van der Waals surface area contributed by atoms with Crippen LogP contribution in [0.4, 0.5) is 0 Å². The second-order valence-corrected chi connectivity index (χ2v) is 6.62. The predicted octanol–water partition coefficient (Wildman–Crippen LogP) is 1.88. The number of carbonyl (C=O) groups excluding carboxylic acids is 3. The monoisotopic (exact) mass is 356 g/mol. The molecule has 2 heterocycles. The van der Waals surface area contributed by atoms with E-state index in [0.29, 0.717) is 22.5 Å². The molecule has 7 heteroatoms. The summed E-state index contributed by atoms with van der Waals surface area (Å²) in [4.78, 5) is 37.9. The summed E-state index contributed by atoms with van der Waals surface area (Å²) >= 11 is 0. The van der Waals surface area contributed by atoms with Crippen LogP contribution in [0.25, 0.3) is 0 Å². The number of ketones is 1. The Bertz CT molecular complexity index is 895. The molecule has 4 rings (SSSR count). The molecular formula is C19H20N2O5. The fourth-order valence-corrected chi connectivity index (χ4v) is 4.38. The number of hydrogen-bond acceptors (Lipinski definition) is 5. The van der Waals surface area contributed by atoms with Gasteiger partial charge in [-0.1, -0.05) is 0 Å². The summed E-state index contributed by atoms with van der Waals surface area (Å²) in [5, 5.41) is 0. The third kappa shape index (κ3) is 1.91. The van der Waals surface area contributed by atoms with Crippen LogP contribution in [0, 0.1) is 0 Å². The molecule has 0 saturated carbocycles. The standard InChI is InChI=1S/C19H20N2O5/c1-5-25-18(23)15-12-9(7-20(15)3)11-10-8-21(4)16(19(24)26-6-2)13(10)14(12)17(11)22/h7-8,11,14H,5-6H2,1-4H3. The van der Waals surface area contributed by atoms with Crippen LogP contribution in [0.5, 0.6) is 0 Å². The number of aryl methyl sites for hydroxylation is 2. The third-order valence-electron chi connectivity index (χ3n) is 5.21. The summed E-state index contributed by atoms with van der Waals surface area (Å²) in [6.07, 6.45) is 3.65. The quantitative estimate of drug-likeness (QED) is 0.782. The zero-order valence-corrected chi connectivity index (χ0v) is 15.2. The first-order valence-corrected chi connectivity index (χ1v) is 8.68. The fourth-order valence-electron chi connectivity index (χ4n) is 4.38. The van der Waals surface area contributed by atoms with E-state index in [2.05, 4.69) is 0 Å². The second-order valence-electron chi connectivity index (χ2n) is 6.62. The molecule has 0 fully saturated rings. The summed E-state index contributed by atoms with van der Waals surface area (Å²) in [5.74, 6) is -1.95. The number of nitrogens with zero attached hydrogens (tertiary/aromatic N) is 2. The van der Waals surface area contributed by atoms with E-state index in [9.17, 15) is 14.4 Å². The van der Waals surface area contributed by atoms with E-state index in [1.54, 1.807) is 37.1 Å². The van der Waals surface area contributed by atoms with Crippen molar-refractivity contribution >= 4 is 17.7 Å². The van der Waals surface area contributed by atoms with Crippen molar-refractivity contribution in [2.75, 3.05) is 13.2 Å². The van der Waals surface area contributed by atoms with Gasteiger partial charge in [-0.2, -0.15) is 0 Å². The molecular weight excluding hydrogens is 336 g/mol. The highest BCUT2D eigenvalue weighted by atomic mass is 16.5. The third-order valence-corrected chi connectivity index (χ3v) is 5.21. The number of ether oxygens (including phenoxy) is 2. The average molecular weight is 356 g/mol. The van der Waals surface area contributed by atoms with Gasteiger partial charge in [-0.05, 0) is 25.0 Å². The number of fused-ring (bicyclic) bond motifs is 8. The molecule has 0 aromatic carbocycles. The van der Waals surface area contributed by atoms with Crippen molar-refractivity contribution in [3.05, 3.63) is 46.0 Å². The molecule has 0 aliphatic heterocycles. The number of aromatic nitrogens is 2. The molecule has 2 aliphatic rings. The van der Waals surface area contributed by atoms with Crippen LogP contribution in [-0.4, -0.2) is 40.1 Å². The first kappa shape index (κ1) is 16.6. The van der Waals surface area contributed by atoms with Crippen LogP contribution in [-0.2, 0) is 28.4 Å². The van der Waals surface area contributed by atoms with Gasteiger partial charge in [0.15, 0.2) is 5.78 Å². The number of rotatable bonds is 4. The Balaban J connectivity index is 1.91. The van der Waals surface area contributed by atoms with Gasteiger partial charge < -0.3 is 18.6 Å². The summed E-state index contributed by atoms with van der Waals surface area (Å²) in [6.45, 7) is 4.00. The van der Waals surface area contributed by atoms with Gasteiger partial charge in [0.2, 0.25) is 0 Å². The topological polar surface area (TPSA) is 79.5 Å². The molecule has 0 spiro atoms. The second kappa shape index (κ2) is 5.59. The molecule has 0 amide bonds. The van der Waals surface area contributed by atoms with Crippen LogP contribution < -0.4 is 0 Å². The van der Waals surface area contributed by atoms with E-state index in [4.69, 9.17) is 9.47 Å². The minimum Gasteiger partial charge on any atom is -0.461 e. The Morgan fingerprint density at radius 3 is 1.69 bits per heavy atom. The van der Waals surface area contributed by atoms with Crippen LogP contribution in [0.1, 0.15) is 68.9 Å². The lowest BCUT2D eigenvalue weighted by Crippen LogP contribution is -2.18. The lowest BCUT2D eigenvalue weighted by atomic mass is 9.88. The Morgan fingerprint density at radius 2 is 1.31 bits per heavy atom. The van der Waals surface area contributed by atoms with Gasteiger partial charge in [-0.3, -0.25) is 4.79 Å². The van der Waals surface area contributed by atoms with E-state index in [1.807, 2.05) is 12.4 Å². The van der Waals surface area contributed by atoms with Crippen molar-refractivity contribution in [1.29, 1.82) is 0 Å². The minimum absolute atomic E-state index is 0.0114. The van der Waals surface area contributed by atoms with Gasteiger partial charge in [0.25, 0.3) is 0 Å². The van der Waals surface area contributed by atoms with Crippen molar-refractivity contribution in [1.82, 2.24) is 9.13 Å². The summed E-state index contributed by atoms with van der Waals surface area (Å²) < 4.78 is 13.8. The Labute approximate surface area is 150 Å². The molecule has 2 aliphatic carbocycles. The highest BCUT2D eigenvalue weighted by molar-refractivity contribution is 6.11. The van der Waals surface area contributed by atoms with E-state index in [1.165, 1.54) is 0 Å². The van der Waals surface area contributed by atoms with Crippen LogP contribution >= 0.6 is 0 Å². The zero-order chi connectivity index (χ0) is 18.7. The maximum Gasteiger partial charge on any atom is 0.355 e. The van der Waals surface area contributed by atoms with Gasteiger partial charge in [-0.15, -0.1) is 0 Å². The number of Topliss-reactive ketones (excluding diaryl/α,β-unsaturated/α-hetero) is 1. The molecule has 0 N–H and O–H groups in total. The fraction of sp³-hybridized carbons (Fsp3) is 0.421. The largest absolute Gasteiger partial charge is 0.461 e. The Morgan fingerprint density at radius 1 is 0.885 bits per heavy atom. The van der Waals surface area contributed by atoms with E-state index in [-0.39, 0.29) is 19.0 Å². The first-order valence-electron chi connectivity index (χ1n) is 8.68. The number of esters is 2. The van der Waals surface area contributed by atoms with E-state index < -0.39 is 23.8 Å². The van der Waals surface area contributed by atoms with Gasteiger partial charge in [0, 0.05) is 37.6 Å². The van der Waals surface area contributed by atoms with Crippen molar-refractivity contribution in [2.24, 2.45) is 14.1 Å². The maximum atomic E-state index is 13.0. The molecule has 2 aromatic heterocycles. The lowest BCUT2D eigenvalue weighted by Gasteiger charge is -2.14. The summed E-state index contributed by atoms with van der Waals surface area (Å²) in [7, 11) is 3.54. The van der Waals surface area contributed by atoms with E-state index >= 15 is 0 Å². The molecule has 0 radical (unpaired) electrons. The lowest BCUT2D eigenvalue weighted by molar-refractivity contribution is -0.118. The predicted molar refractivity (Wildman–Crippen MR) is 91.4 cm³/mol. The molecule has 0 saturated heterocycles. The molecule has 2 aromatic rings. The minimum atomic E-state index is -0.619. The first-order chi connectivity index (χ1) is 12.4. The molecule has 26 heavy (non-hydrogen) atoms. The average Bonchev–Trinajstić information content (AvgIpc) is 3.22. The molecule has 136 valence electrons. The summed E-state index contributed by atoms with van der Waals surface area (Å²) in [5.41, 5.74) is 3.77. The van der Waals surface area contributed by atoms with Gasteiger partial charge in [0.05, 0.1) is 25.0 Å². The van der Waals surface area contributed by atoms with Gasteiger partial charge >= 0.3 is 11.9 Å². The van der Waals surface area contributed by atoms with Crippen LogP contribution in [0.3, 0.4) is 0 Å². The molecule has 0 unspecified atom stereocenters. The Kier molecular flexibility index (Phi) is 3.57. The highest BCUT2D eigenvalue weighted by Crippen LogP contribution is 2.57. The van der Waals surface area contributed by atoms with Crippen molar-refractivity contribution in [3.63, 3.8) is 0 Å². The highest BCUT2D eigenvalue weighted by Gasteiger charge is 2.55. The normalized spacial score (nSPS) is 19.5. The Hall–Kier alpha value is -2.83. The van der Waals surface area contributed by atoms with Gasteiger partial charge in [0.1, 0.15) is 11.4 Å². The number of hydrogen-bond donors (Lipinski definition) is 0. The maximum absolute atomic E-state index is 13.0. The molecule has 0 atom stereocenters. The SMILES string of the molecule is CCOC(=O)c1c2c(cn1C)C1C(=O)C2c2c1cn(C)c2C(=O)OCC. The van der Waals surface area contributed by atoms with Gasteiger partial charge in [-0.25, -0.2) is 9.59 Å². The van der Waals surface area contributed by atoms with Crippen molar-refractivity contribution in [3.8, 4) is 0 Å².